The minimum absolute atomic E-state index is 0.127. The summed E-state index contributed by atoms with van der Waals surface area (Å²) >= 11 is 0. The van der Waals surface area contributed by atoms with E-state index in [0.29, 0.717) is 0 Å². The van der Waals surface area contributed by atoms with Gasteiger partial charge in [0, 0.05) is 49.4 Å². The highest BCUT2D eigenvalue weighted by atomic mass is 16.3. The van der Waals surface area contributed by atoms with E-state index < -0.39 is 0 Å². The number of furan rings is 2. The Morgan fingerprint density at radius 1 is 0.351 bits per heavy atom. The molecule has 12 rings (SSSR count). The van der Waals surface area contributed by atoms with E-state index in [1.54, 1.807) is 0 Å². The van der Waals surface area contributed by atoms with Gasteiger partial charge in [-0.3, -0.25) is 0 Å². The fourth-order valence-electron chi connectivity index (χ4n) is 10.2. The molecule has 2 heterocycles. The summed E-state index contributed by atoms with van der Waals surface area (Å²) in [6, 6.07) is 59.6. The van der Waals surface area contributed by atoms with Gasteiger partial charge in [0.15, 0.2) is 0 Å². The van der Waals surface area contributed by atoms with Crippen LogP contribution in [-0.4, -0.2) is 0 Å². The smallest absolute Gasteiger partial charge is 0.136 e. The highest BCUT2D eigenvalue weighted by molar-refractivity contribution is 6.18. The monoisotopic (exact) mass is 733 g/mol. The average Bonchev–Trinajstić information content (AvgIpc) is 3.92. The van der Waals surface area contributed by atoms with E-state index in [1.807, 2.05) is 0 Å². The molecule has 8 aromatic carbocycles. The lowest BCUT2D eigenvalue weighted by Gasteiger charge is -2.29. The van der Waals surface area contributed by atoms with E-state index >= 15 is 0 Å². The van der Waals surface area contributed by atoms with Crippen LogP contribution in [0, 0.1) is 0 Å². The number of benzene rings is 8. The number of hydrogen-bond donors (Lipinski definition) is 0. The van der Waals surface area contributed by atoms with Crippen LogP contribution in [0.5, 0.6) is 0 Å². The lowest BCUT2D eigenvalue weighted by Crippen LogP contribution is -2.18. The van der Waals surface area contributed by atoms with Crippen LogP contribution >= 0.6 is 0 Å². The van der Waals surface area contributed by atoms with Crippen molar-refractivity contribution in [3.8, 4) is 33.4 Å². The first-order chi connectivity index (χ1) is 27.8. The van der Waals surface area contributed by atoms with E-state index in [4.69, 9.17) is 8.83 Å². The third-order valence-electron chi connectivity index (χ3n) is 13.1. The Bertz CT molecular complexity index is 3200. The van der Waals surface area contributed by atoms with Crippen molar-refractivity contribution in [3.05, 3.63) is 186 Å². The minimum atomic E-state index is -0.127. The van der Waals surface area contributed by atoms with E-state index in [1.165, 1.54) is 44.5 Å². The van der Waals surface area contributed by atoms with Gasteiger partial charge in [-0.05, 0) is 116 Å². The second-order valence-electron chi connectivity index (χ2n) is 16.9. The number of rotatable bonds is 4. The summed E-state index contributed by atoms with van der Waals surface area (Å²) in [5, 5.41) is 4.26. The molecule has 57 heavy (non-hydrogen) atoms. The first-order valence-electron chi connectivity index (χ1n) is 19.9. The molecule has 0 unspecified atom stereocenters. The van der Waals surface area contributed by atoms with Crippen molar-refractivity contribution in [1.82, 2.24) is 0 Å². The number of hydrogen-bond acceptors (Lipinski definition) is 3. The van der Waals surface area contributed by atoms with Crippen molar-refractivity contribution < 1.29 is 8.83 Å². The minimum Gasteiger partial charge on any atom is -0.456 e. The lowest BCUT2D eigenvalue weighted by atomic mass is 9.82. The summed E-state index contributed by atoms with van der Waals surface area (Å²) in [7, 11) is 0. The summed E-state index contributed by atoms with van der Waals surface area (Å²) in [5.74, 6) is 0. The molecule has 10 aromatic rings. The standard InChI is InChI=1S/C54H39NO2/c1-53(2)44-18-10-8-15-37(44)39-24-21-34(28-46(39)53)55(35-22-25-40-38-16-9-11-19-45(38)54(3,4)47(40)29-35)33-23-26-48-41(27-33)42-30-51-43(31-50(42)56-48)52-36(17-12-20-49(52)57-51)32-13-6-5-7-14-32/h5-31H,1-4H3. The highest BCUT2D eigenvalue weighted by Crippen LogP contribution is 2.53. The maximum atomic E-state index is 6.66. The van der Waals surface area contributed by atoms with Crippen molar-refractivity contribution in [2.75, 3.05) is 4.90 Å². The molecule has 0 atom stereocenters. The largest absolute Gasteiger partial charge is 0.456 e. The quantitative estimate of drug-likeness (QED) is 0.180. The molecule has 0 saturated carbocycles. The van der Waals surface area contributed by atoms with Crippen LogP contribution < -0.4 is 4.90 Å². The zero-order valence-electron chi connectivity index (χ0n) is 32.4. The molecule has 0 N–H and O–H groups in total. The molecule has 3 heteroatoms. The van der Waals surface area contributed by atoms with Gasteiger partial charge in [-0.1, -0.05) is 131 Å². The molecule has 0 radical (unpaired) electrons. The molecule has 2 aromatic heterocycles. The summed E-state index contributed by atoms with van der Waals surface area (Å²) in [4.78, 5) is 2.43. The topological polar surface area (TPSA) is 29.5 Å². The van der Waals surface area contributed by atoms with Gasteiger partial charge in [-0.25, -0.2) is 0 Å². The van der Waals surface area contributed by atoms with Gasteiger partial charge in [-0.2, -0.15) is 0 Å². The van der Waals surface area contributed by atoms with E-state index in [9.17, 15) is 0 Å². The molecule has 2 aliphatic carbocycles. The predicted molar refractivity (Wildman–Crippen MR) is 236 cm³/mol. The van der Waals surface area contributed by atoms with Crippen LogP contribution in [-0.2, 0) is 10.8 Å². The molecule has 2 aliphatic rings. The first-order valence-corrected chi connectivity index (χ1v) is 19.9. The Hall–Kier alpha value is -6.84. The zero-order chi connectivity index (χ0) is 38.2. The van der Waals surface area contributed by atoms with Gasteiger partial charge in [0.25, 0.3) is 0 Å². The van der Waals surface area contributed by atoms with Crippen molar-refractivity contribution in [2.45, 2.75) is 38.5 Å². The SMILES string of the molecule is CC1(C)c2ccccc2-c2ccc(N(c3ccc4c(c3)C(C)(C)c3ccccc3-4)c3ccc4oc5cc6c(cc5c4c3)oc3cccc(-c4ccccc4)c36)cc21. The van der Waals surface area contributed by atoms with Crippen molar-refractivity contribution in [1.29, 1.82) is 0 Å². The summed E-state index contributed by atoms with van der Waals surface area (Å²) in [5.41, 5.74) is 19.5. The second-order valence-corrected chi connectivity index (χ2v) is 16.9. The number of anilines is 3. The van der Waals surface area contributed by atoms with E-state index in [0.717, 1.165) is 72.1 Å². The maximum Gasteiger partial charge on any atom is 0.136 e. The Morgan fingerprint density at radius 2 is 0.842 bits per heavy atom. The molecule has 0 fully saturated rings. The van der Waals surface area contributed by atoms with Gasteiger partial charge >= 0.3 is 0 Å². The van der Waals surface area contributed by atoms with Crippen LogP contribution in [0.15, 0.2) is 173 Å². The molecule has 3 nitrogen and oxygen atoms in total. The third kappa shape index (κ3) is 4.48. The zero-order valence-corrected chi connectivity index (χ0v) is 32.4. The first kappa shape index (κ1) is 32.4. The van der Waals surface area contributed by atoms with Gasteiger partial charge in [-0.15, -0.1) is 0 Å². The molecule has 0 amide bonds. The lowest BCUT2D eigenvalue weighted by molar-refractivity contribution is 0.660. The van der Waals surface area contributed by atoms with Crippen molar-refractivity contribution >= 4 is 60.9 Å². The summed E-state index contributed by atoms with van der Waals surface area (Å²) < 4.78 is 13.2. The van der Waals surface area contributed by atoms with Crippen LogP contribution in [0.1, 0.15) is 49.9 Å². The fraction of sp³-hybridized carbons (Fsp3) is 0.111. The molecule has 272 valence electrons. The molecule has 0 spiro atoms. The van der Waals surface area contributed by atoms with Crippen LogP contribution in [0.3, 0.4) is 0 Å². The van der Waals surface area contributed by atoms with Crippen molar-refractivity contribution in [2.24, 2.45) is 0 Å². The van der Waals surface area contributed by atoms with Gasteiger partial charge in [0.2, 0.25) is 0 Å². The number of nitrogens with zero attached hydrogens (tertiary/aromatic N) is 1. The molecule has 0 aliphatic heterocycles. The van der Waals surface area contributed by atoms with Gasteiger partial charge in [0.1, 0.15) is 22.3 Å². The third-order valence-corrected chi connectivity index (χ3v) is 13.1. The molecular weight excluding hydrogens is 695 g/mol. The second kappa shape index (κ2) is 11.4. The van der Waals surface area contributed by atoms with E-state index in [-0.39, 0.29) is 10.8 Å². The summed E-state index contributed by atoms with van der Waals surface area (Å²) in [6.07, 6.45) is 0. The Morgan fingerprint density at radius 3 is 1.51 bits per heavy atom. The molecule has 0 bridgehead atoms. The number of fused-ring (bicyclic) bond motifs is 12. The Labute approximate surface area is 331 Å². The fourth-order valence-corrected chi connectivity index (χ4v) is 10.2. The van der Waals surface area contributed by atoms with Gasteiger partial charge < -0.3 is 13.7 Å². The maximum absolute atomic E-state index is 6.66. The predicted octanol–water partition coefficient (Wildman–Crippen LogP) is 15.2. The Balaban J connectivity index is 1.06. The molecule has 0 saturated heterocycles. The highest BCUT2D eigenvalue weighted by Gasteiger charge is 2.37. The molecular formula is C54H39NO2. The average molecular weight is 734 g/mol. The van der Waals surface area contributed by atoms with Crippen LogP contribution in [0.25, 0.3) is 77.3 Å². The normalized spacial score (nSPS) is 14.6. The van der Waals surface area contributed by atoms with Gasteiger partial charge in [0.05, 0.1) is 0 Å². The van der Waals surface area contributed by atoms with E-state index in [2.05, 4.69) is 196 Å². The van der Waals surface area contributed by atoms with Crippen LogP contribution in [0.4, 0.5) is 17.1 Å². The van der Waals surface area contributed by atoms with Crippen molar-refractivity contribution in [3.63, 3.8) is 0 Å². The van der Waals surface area contributed by atoms with Crippen LogP contribution in [0.2, 0.25) is 0 Å². The Kier molecular flexibility index (Phi) is 6.46. The summed E-state index contributed by atoms with van der Waals surface area (Å²) in [6.45, 7) is 9.41.